The lowest BCUT2D eigenvalue weighted by atomic mass is 9.44. The number of carbonyl (C=O) groups is 5. The van der Waals surface area contributed by atoms with E-state index >= 15 is 4.79 Å². The number of carbonyl (C=O) groups excluding carboxylic acids is 5. The minimum Gasteiger partial charge on any atom is -0.455 e. The lowest BCUT2D eigenvalue weighted by molar-refractivity contribution is -0.343. The number of esters is 3. The lowest BCUT2D eigenvalue weighted by Crippen LogP contribution is -2.82. The third kappa shape index (κ3) is 5.53. The van der Waals surface area contributed by atoms with Gasteiger partial charge in [0.25, 0.3) is 0 Å². The third-order valence-corrected chi connectivity index (χ3v) is 17.0. The van der Waals surface area contributed by atoms with Crippen molar-refractivity contribution < 1.29 is 52.5 Å². The maximum atomic E-state index is 15.6. The summed E-state index contributed by atoms with van der Waals surface area (Å²) in [6.07, 6.45) is -5.14. The Hall–Kier alpha value is -3.19. The van der Waals surface area contributed by atoms with Crippen LogP contribution in [0.3, 0.4) is 0 Å². The van der Waals surface area contributed by atoms with Gasteiger partial charge in [-0.3, -0.25) is 19.2 Å². The lowest BCUT2D eigenvalue weighted by Gasteiger charge is -2.68. The number of ketones is 2. The van der Waals surface area contributed by atoms with Crippen LogP contribution in [0.25, 0.3) is 0 Å². The molecule has 3 aliphatic carbocycles. The summed E-state index contributed by atoms with van der Waals surface area (Å²) < 4.78 is 31.7. The molecule has 2 bridgehead atoms. The van der Waals surface area contributed by atoms with E-state index in [4.69, 9.17) is 23.4 Å². The summed E-state index contributed by atoms with van der Waals surface area (Å²) in [5.74, 6) is -4.56. The van der Waals surface area contributed by atoms with E-state index in [1.807, 2.05) is 0 Å². The summed E-state index contributed by atoms with van der Waals surface area (Å²) in [7, 11) is -2.49. The molecule has 1 unspecified atom stereocenters. The van der Waals surface area contributed by atoms with E-state index in [1.165, 1.54) is 13.8 Å². The van der Waals surface area contributed by atoms with Crippen molar-refractivity contribution in [3.8, 4) is 0 Å². The fourth-order valence-electron chi connectivity index (χ4n) is 9.17. The molecule has 0 radical (unpaired) electrons. The predicted octanol–water partition coefficient (Wildman–Crippen LogP) is 4.89. The number of hydrogen-bond acceptors (Lipinski definition) is 11. The molecule has 1 heterocycles. The van der Waals surface area contributed by atoms with Gasteiger partial charge in [-0.05, 0) is 55.3 Å². The Bertz CT molecular complexity index is 1560. The van der Waals surface area contributed by atoms with Crippen LogP contribution < -0.4 is 0 Å². The van der Waals surface area contributed by atoms with Gasteiger partial charge in [0, 0.05) is 32.1 Å². The summed E-state index contributed by atoms with van der Waals surface area (Å²) >= 11 is 0. The van der Waals surface area contributed by atoms with Gasteiger partial charge in [-0.2, -0.15) is 0 Å². The highest BCUT2D eigenvalue weighted by molar-refractivity contribution is 6.73. The van der Waals surface area contributed by atoms with Crippen molar-refractivity contribution in [2.24, 2.45) is 16.7 Å². The molecule has 268 valence electrons. The van der Waals surface area contributed by atoms with Crippen molar-refractivity contribution >= 4 is 37.8 Å². The molecule has 0 aromatic heterocycles. The van der Waals surface area contributed by atoms with E-state index in [-0.39, 0.29) is 29.7 Å². The molecular weight excluding hydrogens is 648 g/mol. The second-order valence-electron chi connectivity index (χ2n) is 14.9. The number of rotatable bonds is 9. The molecule has 1 aliphatic heterocycles. The van der Waals surface area contributed by atoms with Crippen LogP contribution >= 0.6 is 0 Å². The first-order chi connectivity index (χ1) is 22.9. The Balaban J connectivity index is 1.89. The molecule has 12 heteroatoms. The minimum absolute atomic E-state index is 0.143. The van der Waals surface area contributed by atoms with Crippen LogP contribution in [0.4, 0.5) is 0 Å². The smallest absolute Gasteiger partial charge is 0.338 e. The number of Topliss-reactive ketones (excluding diaryl/α,β-unsaturated/α-hetero) is 2. The molecule has 1 N–H and O–H groups in total. The number of aliphatic hydroxyl groups is 1. The Morgan fingerprint density at radius 2 is 1.57 bits per heavy atom. The number of hydrogen-bond donors (Lipinski definition) is 1. The van der Waals surface area contributed by atoms with E-state index in [0.717, 1.165) is 18.1 Å². The van der Waals surface area contributed by atoms with Gasteiger partial charge in [-0.15, -0.1) is 0 Å². The van der Waals surface area contributed by atoms with Crippen LogP contribution in [-0.4, -0.2) is 85.1 Å². The molecule has 1 aromatic rings. The Labute approximate surface area is 289 Å². The van der Waals surface area contributed by atoms with Crippen molar-refractivity contribution in [3.63, 3.8) is 0 Å². The summed E-state index contributed by atoms with van der Waals surface area (Å²) in [6.45, 7) is 15.0. The van der Waals surface area contributed by atoms with Crippen LogP contribution in [0.2, 0.25) is 18.1 Å². The number of fused-ring (bicyclic) bond motifs is 5. The fraction of sp³-hybridized carbons (Fsp3) is 0.649. The van der Waals surface area contributed by atoms with E-state index in [0.29, 0.717) is 0 Å². The van der Waals surface area contributed by atoms with Gasteiger partial charge in [0.1, 0.15) is 17.8 Å². The fourth-order valence-corrected chi connectivity index (χ4v) is 12.1. The molecule has 49 heavy (non-hydrogen) atoms. The zero-order valence-corrected chi connectivity index (χ0v) is 31.0. The number of ether oxygens (including phenoxy) is 4. The van der Waals surface area contributed by atoms with Crippen molar-refractivity contribution in [2.75, 3.05) is 6.61 Å². The molecule has 2 saturated carbocycles. The molecule has 1 aromatic carbocycles. The van der Waals surface area contributed by atoms with E-state index < -0.39 is 96.6 Å². The van der Waals surface area contributed by atoms with Crippen LogP contribution in [0.1, 0.15) is 85.5 Å². The van der Waals surface area contributed by atoms with Crippen LogP contribution in [0.5, 0.6) is 0 Å². The van der Waals surface area contributed by atoms with Crippen LogP contribution in [0.15, 0.2) is 41.5 Å². The summed E-state index contributed by atoms with van der Waals surface area (Å²) in [5, 5.41) is 13.2. The standard InChI is InChI=1S/C37H50O11Si/c1-10-49(11-2,12-3)48-26-18-27-36(20-44-27,47-23(6)39)30-32(46-33(42)24-16-14-13-15-17-24)37(43)19-25(40)21(4)28(34(37,7)8)29(45-22(5)38)31(41)35(26,30)9/h13-17,26-27,29-30,32,43H,10-12,18-20H2,1-9H3/t26?,27-,29-,30+,32+,35-,36+,37-/m1/s1. The maximum Gasteiger partial charge on any atom is 0.338 e. The maximum absolute atomic E-state index is 15.6. The highest BCUT2D eigenvalue weighted by Crippen LogP contribution is 2.64. The molecule has 5 rings (SSSR count). The molecule has 4 aliphatic rings. The van der Waals surface area contributed by atoms with Gasteiger partial charge >= 0.3 is 17.9 Å². The van der Waals surface area contributed by atoms with Crippen molar-refractivity contribution in [1.82, 2.24) is 0 Å². The highest BCUT2D eigenvalue weighted by atomic mass is 28.4. The van der Waals surface area contributed by atoms with Gasteiger partial charge in [0.15, 0.2) is 31.6 Å². The molecule has 3 fully saturated rings. The molecule has 1 saturated heterocycles. The third-order valence-electron chi connectivity index (χ3n) is 12.3. The van der Waals surface area contributed by atoms with Crippen LogP contribution in [0, 0.1) is 16.7 Å². The molecular formula is C37H50O11Si. The minimum atomic E-state index is -2.49. The summed E-state index contributed by atoms with van der Waals surface area (Å²) in [6, 6.07) is 10.5. The van der Waals surface area contributed by atoms with Gasteiger partial charge < -0.3 is 28.5 Å². The van der Waals surface area contributed by atoms with Gasteiger partial charge in [-0.25, -0.2) is 4.79 Å². The van der Waals surface area contributed by atoms with E-state index in [1.54, 1.807) is 58.0 Å². The van der Waals surface area contributed by atoms with Crippen molar-refractivity contribution in [3.05, 3.63) is 47.0 Å². The average Bonchev–Trinajstić information content (AvgIpc) is 3.04. The molecule has 11 nitrogen and oxygen atoms in total. The Morgan fingerprint density at radius 3 is 2.08 bits per heavy atom. The number of allylic oxidation sites excluding steroid dienone is 1. The van der Waals surface area contributed by atoms with E-state index in [9.17, 15) is 24.3 Å². The summed E-state index contributed by atoms with van der Waals surface area (Å²) in [4.78, 5) is 69.3. The quantitative estimate of drug-likeness (QED) is 0.213. The predicted molar refractivity (Wildman–Crippen MR) is 180 cm³/mol. The topological polar surface area (TPSA) is 152 Å². The molecule has 0 amide bonds. The average molecular weight is 699 g/mol. The Morgan fingerprint density at radius 1 is 0.959 bits per heavy atom. The first kappa shape index (κ1) is 37.1. The van der Waals surface area contributed by atoms with Crippen LogP contribution in [-0.2, 0) is 42.6 Å². The highest BCUT2D eigenvalue weighted by Gasteiger charge is 2.78. The second kappa shape index (κ2) is 12.8. The monoisotopic (exact) mass is 698 g/mol. The van der Waals surface area contributed by atoms with Gasteiger partial charge in [0.05, 0.1) is 29.6 Å². The SMILES string of the molecule is CC[Si](CC)(CC)OC1C[C@H]2OC[C@@]2(OC(C)=O)[C@H]2[C@H](OC(=O)c3ccccc3)[C@]3(O)CC(=O)C(C)=C([C@@H](OC(C)=O)C(=O)[C@]12C)C3(C)C. The first-order valence-corrected chi connectivity index (χ1v) is 19.8. The molecule has 0 spiro atoms. The van der Waals surface area contributed by atoms with Crippen molar-refractivity contribution in [1.29, 1.82) is 0 Å². The van der Waals surface area contributed by atoms with Gasteiger partial charge in [-0.1, -0.05) is 52.8 Å². The Kier molecular flexibility index (Phi) is 9.72. The molecule has 8 atom stereocenters. The van der Waals surface area contributed by atoms with Gasteiger partial charge in [0.2, 0.25) is 0 Å². The summed E-state index contributed by atoms with van der Waals surface area (Å²) in [5.41, 5.74) is -6.36. The largest absolute Gasteiger partial charge is 0.455 e. The normalized spacial score (nSPS) is 35.2. The first-order valence-electron chi connectivity index (χ1n) is 17.3. The second-order valence-corrected chi connectivity index (χ2v) is 19.7. The number of benzene rings is 1. The zero-order chi connectivity index (χ0) is 36.3. The van der Waals surface area contributed by atoms with Crippen molar-refractivity contribution in [2.45, 2.75) is 129 Å². The van der Waals surface area contributed by atoms with E-state index in [2.05, 4.69) is 20.8 Å². The zero-order valence-electron chi connectivity index (χ0n) is 30.0.